The van der Waals surface area contributed by atoms with Crippen molar-refractivity contribution >= 4 is 28.8 Å². The van der Waals surface area contributed by atoms with Gasteiger partial charge < -0.3 is 10.6 Å². The summed E-state index contributed by atoms with van der Waals surface area (Å²) in [6.07, 6.45) is 5.29. The van der Waals surface area contributed by atoms with E-state index in [-0.39, 0.29) is 24.8 Å². The van der Waals surface area contributed by atoms with Crippen molar-refractivity contribution in [2.75, 3.05) is 11.9 Å². The van der Waals surface area contributed by atoms with Crippen LogP contribution in [0.15, 0.2) is 60.0 Å². The number of anilines is 1. The normalized spacial score (nSPS) is 10.0. The first kappa shape index (κ1) is 18.4. The van der Waals surface area contributed by atoms with Crippen LogP contribution in [0.3, 0.4) is 0 Å². The van der Waals surface area contributed by atoms with E-state index in [0.717, 1.165) is 10.6 Å². The van der Waals surface area contributed by atoms with Crippen molar-refractivity contribution in [3.8, 4) is 22.9 Å². The summed E-state index contributed by atoms with van der Waals surface area (Å²) in [5.74, 6) is 1.78. The van der Waals surface area contributed by atoms with Gasteiger partial charge in [-0.3, -0.25) is 9.59 Å². The molecule has 2 aromatic carbocycles. The molecule has 0 saturated heterocycles. The Labute approximate surface area is 161 Å². The fourth-order valence-electron chi connectivity index (χ4n) is 2.48. The fourth-order valence-corrected chi connectivity index (χ4v) is 3.30. The lowest BCUT2D eigenvalue weighted by atomic mass is 10.1. The second-order valence-electron chi connectivity index (χ2n) is 5.67. The van der Waals surface area contributed by atoms with Crippen LogP contribution in [0.2, 0.25) is 0 Å². The number of terminal acetylenes is 1. The van der Waals surface area contributed by atoms with E-state index in [0.29, 0.717) is 16.9 Å². The van der Waals surface area contributed by atoms with Crippen LogP contribution in [0, 0.1) is 12.3 Å². The summed E-state index contributed by atoms with van der Waals surface area (Å²) in [5.41, 5.74) is 2.51. The Bertz CT molecular complexity index is 990. The molecule has 27 heavy (non-hydrogen) atoms. The Morgan fingerprint density at radius 3 is 2.59 bits per heavy atom. The van der Waals surface area contributed by atoms with Crippen LogP contribution in [-0.2, 0) is 11.2 Å². The SMILES string of the molecule is C#CCNC(=O)c1ccccc1NC(=O)Cc1csc(-c2ccccc2)n1. The molecule has 134 valence electrons. The predicted molar refractivity (Wildman–Crippen MR) is 107 cm³/mol. The molecule has 0 saturated carbocycles. The molecular weight excluding hydrogens is 358 g/mol. The summed E-state index contributed by atoms with van der Waals surface area (Å²) in [4.78, 5) is 29.1. The molecule has 0 radical (unpaired) electrons. The molecule has 3 aromatic rings. The van der Waals surface area contributed by atoms with Crippen molar-refractivity contribution in [1.82, 2.24) is 10.3 Å². The van der Waals surface area contributed by atoms with Crippen LogP contribution in [0.4, 0.5) is 5.69 Å². The third kappa shape index (κ3) is 4.81. The molecule has 1 aromatic heterocycles. The first-order valence-electron chi connectivity index (χ1n) is 8.27. The number of rotatable bonds is 6. The third-order valence-electron chi connectivity index (χ3n) is 3.71. The topological polar surface area (TPSA) is 71.1 Å². The molecule has 0 unspecified atom stereocenters. The molecule has 0 aliphatic rings. The summed E-state index contributed by atoms with van der Waals surface area (Å²) >= 11 is 1.49. The minimum atomic E-state index is -0.330. The summed E-state index contributed by atoms with van der Waals surface area (Å²) < 4.78 is 0. The number of carbonyl (C=O) groups excluding carboxylic acids is 2. The molecule has 0 atom stereocenters. The van der Waals surface area contributed by atoms with Crippen LogP contribution >= 0.6 is 11.3 Å². The average Bonchev–Trinajstić information content (AvgIpc) is 3.15. The quantitative estimate of drug-likeness (QED) is 0.649. The maximum atomic E-state index is 12.4. The highest BCUT2D eigenvalue weighted by atomic mass is 32.1. The largest absolute Gasteiger partial charge is 0.341 e. The monoisotopic (exact) mass is 375 g/mol. The van der Waals surface area contributed by atoms with Crippen molar-refractivity contribution in [3.05, 3.63) is 71.2 Å². The van der Waals surface area contributed by atoms with Crippen molar-refractivity contribution in [1.29, 1.82) is 0 Å². The van der Waals surface area contributed by atoms with Crippen LogP contribution in [-0.4, -0.2) is 23.3 Å². The first-order chi connectivity index (χ1) is 13.2. The van der Waals surface area contributed by atoms with E-state index in [1.807, 2.05) is 35.7 Å². The Kier molecular flexibility index (Phi) is 5.98. The second kappa shape index (κ2) is 8.79. The number of nitrogens with zero attached hydrogens (tertiary/aromatic N) is 1. The average molecular weight is 375 g/mol. The predicted octanol–water partition coefficient (Wildman–Crippen LogP) is 3.35. The number of aromatic nitrogens is 1. The summed E-state index contributed by atoms with van der Waals surface area (Å²) in [5, 5.41) is 8.11. The number of carbonyl (C=O) groups is 2. The highest BCUT2D eigenvalue weighted by molar-refractivity contribution is 7.13. The molecular formula is C21H17N3O2S. The molecule has 0 aliphatic heterocycles. The van der Waals surface area contributed by atoms with Gasteiger partial charge in [0.1, 0.15) is 5.01 Å². The smallest absolute Gasteiger partial charge is 0.254 e. The van der Waals surface area contributed by atoms with Gasteiger partial charge in [-0.1, -0.05) is 48.4 Å². The van der Waals surface area contributed by atoms with E-state index in [9.17, 15) is 9.59 Å². The van der Waals surface area contributed by atoms with E-state index in [2.05, 4.69) is 21.5 Å². The number of benzene rings is 2. The van der Waals surface area contributed by atoms with Gasteiger partial charge in [0, 0.05) is 10.9 Å². The molecule has 2 N–H and O–H groups in total. The maximum Gasteiger partial charge on any atom is 0.254 e. The number of amides is 2. The zero-order valence-electron chi connectivity index (χ0n) is 14.4. The molecule has 5 nitrogen and oxygen atoms in total. The van der Waals surface area contributed by atoms with E-state index in [1.165, 1.54) is 11.3 Å². The van der Waals surface area contributed by atoms with Gasteiger partial charge in [-0.2, -0.15) is 0 Å². The molecule has 0 bridgehead atoms. The summed E-state index contributed by atoms with van der Waals surface area (Å²) in [6.45, 7) is 0.127. The van der Waals surface area contributed by atoms with E-state index >= 15 is 0 Å². The van der Waals surface area contributed by atoms with Crippen LogP contribution in [0.25, 0.3) is 10.6 Å². The van der Waals surface area contributed by atoms with Crippen LogP contribution < -0.4 is 10.6 Å². The number of nitrogens with one attached hydrogen (secondary N) is 2. The Balaban J connectivity index is 1.68. The highest BCUT2D eigenvalue weighted by Gasteiger charge is 2.14. The van der Waals surface area contributed by atoms with Crippen LogP contribution in [0.5, 0.6) is 0 Å². The van der Waals surface area contributed by atoms with Gasteiger partial charge in [0.25, 0.3) is 5.91 Å². The van der Waals surface area contributed by atoms with E-state index in [4.69, 9.17) is 6.42 Å². The Morgan fingerprint density at radius 2 is 1.81 bits per heavy atom. The minimum absolute atomic E-state index is 0.127. The zero-order chi connectivity index (χ0) is 19.1. The van der Waals surface area contributed by atoms with Gasteiger partial charge in [-0.05, 0) is 12.1 Å². The first-order valence-corrected chi connectivity index (χ1v) is 9.15. The van der Waals surface area contributed by atoms with Gasteiger partial charge in [-0.25, -0.2) is 4.98 Å². The number of hydrogen-bond donors (Lipinski definition) is 2. The molecule has 3 rings (SSSR count). The van der Waals surface area contributed by atoms with E-state index < -0.39 is 0 Å². The molecule has 6 heteroatoms. The zero-order valence-corrected chi connectivity index (χ0v) is 15.3. The summed E-state index contributed by atoms with van der Waals surface area (Å²) in [7, 11) is 0. The van der Waals surface area contributed by atoms with Gasteiger partial charge in [-0.15, -0.1) is 17.8 Å². The lowest BCUT2D eigenvalue weighted by Gasteiger charge is -2.10. The third-order valence-corrected chi connectivity index (χ3v) is 4.65. The van der Waals surface area contributed by atoms with Crippen LogP contribution in [0.1, 0.15) is 16.1 Å². The minimum Gasteiger partial charge on any atom is -0.341 e. The van der Waals surface area contributed by atoms with Crippen molar-refractivity contribution in [2.24, 2.45) is 0 Å². The molecule has 2 amide bonds. The van der Waals surface area contributed by atoms with Crippen molar-refractivity contribution in [3.63, 3.8) is 0 Å². The van der Waals surface area contributed by atoms with E-state index in [1.54, 1.807) is 24.3 Å². The molecule has 0 spiro atoms. The summed E-state index contributed by atoms with van der Waals surface area (Å²) in [6, 6.07) is 16.6. The fraction of sp³-hybridized carbons (Fsp3) is 0.0952. The van der Waals surface area contributed by atoms with Crippen molar-refractivity contribution in [2.45, 2.75) is 6.42 Å². The number of thiazole rings is 1. The lowest BCUT2D eigenvalue weighted by molar-refractivity contribution is -0.115. The molecule has 0 aliphatic carbocycles. The maximum absolute atomic E-state index is 12.4. The number of hydrogen-bond acceptors (Lipinski definition) is 4. The Hall–Kier alpha value is -3.43. The van der Waals surface area contributed by atoms with Gasteiger partial charge in [0.05, 0.1) is 29.9 Å². The molecule has 1 heterocycles. The number of para-hydroxylation sites is 1. The van der Waals surface area contributed by atoms with Crippen molar-refractivity contribution < 1.29 is 9.59 Å². The second-order valence-corrected chi connectivity index (χ2v) is 6.53. The highest BCUT2D eigenvalue weighted by Crippen LogP contribution is 2.23. The standard InChI is InChI=1S/C21H17N3O2S/c1-2-12-22-20(26)17-10-6-7-11-18(17)24-19(25)13-16-14-27-21(23-16)15-8-4-3-5-9-15/h1,3-11,14H,12-13H2,(H,22,26)(H,24,25). The van der Waals surface area contributed by atoms with Gasteiger partial charge >= 0.3 is 0 Å². The Morgan fingerprint density at radius 1 is 1.07 bits per heavy atom. The lowest BCUT2D eigenvalue weighted by Crippen LogP contribution is -2.25. The molecule has 0 fully saturated rings. The van der Waals surface area contributed by atoms with Gasteiger partial charge in [0.15, 0.2) is 0 Å². The van der Waals surface area contributed by atoms with Gasteiger partial charge in [0.2, 0.25) is 5.91 Å².